The molecule has 0 saturated heterocycles. The van der Waals surface area contributed by atoms with Gasteiger partial charge in [-0.3, -0.25) is 13.8 Å². The van der Waals surface area contributed by atoms with Gasteiger partial charge in [0, 0.05) is 16.2 Å². The number of rotatable bonds is 4. The highest BCUT2D eigenvalue weighted by molar-refractivity contribution is 7.88. The van der Waals surface area contributed by atoms with E-state index in [9.17, 15) is 13.8 Å². The number of hydrogen-bond acceptors (Lipinski definition) is 5. The molecule has 0 saturated carbocycles. The Morgan fingerprint density at radius 1 is 1.17 bits per heavy atom. The van der Waals surface area contributed by atoms with Gasteiger partial charge < -0.3 is 16.1 Å². The predicted octanol–water partition coefficient (Wildman–Crippen LogP) is 3.15. The van der Waals surface area contributed by atoms with Crippen LogP contribution in [0.3, 0.4) is 0 Å². The maximum atomic E-state index is 13.1. The van der Waals surface area contributed by atoms with Crippen LogP contribution in [0.4, 0.5) is 11.4 Å². The molecular weight excluding hydrogens is 412 g/mol. The fourth-order valence-electron chi connectivity index (χ4n) is 2.61. The molecule has 0 radical (unpaired) electrons. The Hall–Kier alpha value is -2.71. The summed E-state index contributed by atoms with van der Waals surface area (Å²) in [5.41, 5.74) is 3.11. The number of amides is 2. The third kappa shape index (κ3) is 5.02. The van der Waals surface area contributed by atoms with Crippen LogP contribution in [-0.4, -0.2) is 32.5 Å². The molecule has 1 aliphatic heterocycles. The van der Waals surface area contributed by atoms with E-state index in [0.29, 0.717) is 21.3 Å². The second kappa shape index (κ2) is 8.34. The van der Waals surface area contributed by atoms with E-state index in [2.05, 4.69) is 21.2 Å². The van der Waals surface area contributed by atoms with Crippen molar-refractivity contribution in [1.29, 1.82) is 0 Å². The van der Waals surface area contributed by atoms with E-state index in [4.69, 9.17) is 11.6 Å². The smallest absolute Gasteiger partial charge is 0.273 e. The molecule has 0 aromatic heterocycles. The van der Waals surface area contributed by atoms with E-state index in [0.717, 1.165) is 0 Å². The number of halogens is 1. The molecule has 0 fully saturated rings. The minimum absolute atomic E-state index is 0.176. The topological polar surface area (TPSA) is 99.7 Å². The van der Waals surface area contributed by atoms with E-state index < -0.39 is 33.4 Å². The summed E-state index contributed by atoms with van der Waals surface area (Å²) in [6.07, 6.45) is 0. The summed E-state index contributed by atoms with van der Waals surface area (Å²) in [6.45, 7) is 5.57. The van der Waals surface area contributed by atoms with Crippen molar-refractivity contribution in [1.82, 2.24) is 5.43 Å². The lowest BCUT2D eigenvalue weighted by Gasteiger charge is -2.26. The normalized spacial score (nSPS) is 19.2. The summed E-state index contributed by atoms with van der Waals surface area (Å²) in [4.78, 5) is 26.2. The van der Waals surface area contributed by atoms with E-state index in [1.165, 1.54) is 0 Å². The fourth-order valence-corrected chi connectivity index (χ4v) is 4.22. The number of fused-ring (bicyclic) bond motifs is 1. The van der Waals surface area contributed by atoms with Gasteiger partial charge in [0.1, 0.15) is 0 Å². The third-order valence-corrected chi connectivity index (χ3v) is 5.78. The second-order valence-corrected chi connectivity index (χ2v) is 9.43. The monoisotopic (exact) mass is 432 g/mol. The lowest BCUT2D eigenvalue weighted by Crippen LogP contribution is -2.48. The summed E-state index contributed by atoms with van der Waals surface area (Å²) in [5.74, 6) is -1.20. The van der Waals surface area contributed by atoms with Crippen LogP contribution in [0.25, 0.3) is 0 Å². The first kappa shape index (κ1) is 21.0. The van der Waals surface area contributed by atoms with Crippen LogP contribution in [0.2, 0.25) is 5.02 Å². The van der Waals surface area contributed by atoms with Gasteiger partial charge >= 0.3 is 0 Å². The Balaban J connectivity index is 1.98. The Morgan fingerprint density at radius 3 is 2.59 bits per heavy atom. The molecule has 0 aliphatic carbocycles. The molecule has 2 atom stereocenters. The number of carbonyl (C=O) groups is 2. The maximum Gasteiger partial charge on any atom is 0.273 e. The van der Waals surface area contributed by atoms with Gasteiger partial charge in [-0.2, -0.15) is 5.10 Å². The number of nitrogens with zero attached hydrogens (tertiary/aromatic N) is 1. The molecule has 0 bridgehead atoms. The Labute approximate surface area is 176 Å². The maximum absolute atomic E-state index is 13.1. The van der Waals surface area contributed by atoms with Crippen LogP contribution in [0.5, 0.6) is 0 Å². The zero-order chi connectivity index (χ0) is 21.2. The Bertz CT molecular complexity index is 1020. The summed E-state index contributed by atoms with van der Waals surface area (Å²) < 4.78 is 13.1. The molecule has 9 heteroatoms. The Morgan fingerprint density at radius 2 is 1.90 bits per heavy atom. The zero-order valence-corrected chi connectivity index (χ0v) is 17.7. The minimum atomic E-state index is -1.79. The standard InChI is InChI=1S/C20H21ClN4O3S/c1-20(2,3)25-24-16(18(26)22-13-8-6-7-12(21)11-13)17-19(27)23-14-9-4-5-10-15(14)29(17)28/h4-11,17,25H,1-3H3,(H,22,26)(H,23,27)/b24-16-/t17-,29+/m1/s1. The second-order valence-electron chi connectivity index (χ2n) is 7.49. The van der Waals surface area contributed by atoms with Gasteiger partial charge in [0.15, 0.2) is 11.0 Å². The molecule has 7 nitrogen and oxygen atoms in total. The first-order chi connectivity index (χ1) is 13.7. The van der Waals surface area contributed by atoms with Crippen molar-refractivity contribution >= 4 is 51.3 Å². The van der Waals surface area contributed by atoms with E-state index in [1.54, 1.807) is 48.5 Å². The number of para-hydroxylation sites is 1. The van der Waals surface area contributed by atoms with Crippen molar-refractivity contribution in [2.75, 3.05) is 10.6 Å². The van der Waals surface area contributed by atoms with E-state index in [-0.39, 0.29) is 5.71 Å². The number of nitrogens with one attached hydrogen (secondary N) is 3. The number of hydrogen-bond donors (Lipinski definition) is 3. The molecule has 0 spiro atoms. The van der Waals surface area contributed by atoms with Crippen LogP contribution >= 0.6 is 11.6 Å². The quantitative estimate of drug-likeness (QED) is 0.510. The molecule has 3 rings (SSSR count). The third-order valence-electron chi connectivity index (χ3n) is 3.89. The van der Waals surface area contributed by atoms with Crippen molar-refractivity contribution in [3.63, 3.8) is 0 Å². The zero-order valence-electron chi connectivity index (χ0n) is 16.2. The van der Waals surface area contributed by atoms with Crippen molar-refractivity contribution in [2.24, 2.45) is 5.10 Å². The highest BCUT2D eigenvalue weighted by Crippen LogP contribution is 2.28. The van der Waals surface area contributed by atoms with Crippen LogP contribution < -0.4 is 16.1 Å². The van der Waals surface area contributed by atoms with Gasteiger partial charge in [0.25, 0.3) is 5.91 Å². The van der Waals surface area contributed by atoms with E-state index >= 15 is 0 Å². The molecule has 2 aromatic carbocycles. The summed E-state index contributed by atoms with van der Waals surface area (Å²) in [5, 5.41) is 8.74. The van der Waals surface area contributed by atoms with Gasteiger partial charge in [-0.05, 0) is 51.1 Å². The lowest BCUT2D eigenvalue weighted by atomic mass is 10.1. The molecule has 1 heterocycles. The molecule has 1 aliphatic rings. The molecule has 152 valence electrons. The van der Waals surface area contributed by atoms with Crippen LogP contribution in [-0.2, 0) is 20.4 Å². The largest absolute Gasteiger partial charge is 0.324 e. The summed E-state index contributed by atoms with van der Waals surface area (Å²) in [6, 6.07) is 13.4. The van der Waals surface area contributed by atoms with Gasteiger partial charge in [-0.1, -0.05) is 29.8 Å². The van der Waals surface area contributed by atoms with Crippen LogP contribution in [0.1, 0.15) is 20.8 Å². The van der Waals surface area contributed by atoms with Gasteiger partial charge in [0.2, 0.25) is 5.91 Å². The first-order valence-corrected chi connectivity index (χ1v) is 10.5. The van der Waals surface area contributed by atoms with Gasteiger partial charge in [-0.25, -0.2) is 0 Å². The molecule has 0 unspecified atom stereocenters. The molecule has 2 aromatic rings. The highest BCUT2D eigenvalue weighted by atomic mass is 35.5. The lowest BCUT2D eigenvalue weighted by molar-refractivity contribution is -0.116. The number of carbonyl (C=O) groups excluding carboxylic acids is 2. The summed E-state index contributed by atoms with van der Waals surface area (Å²) >= 11 is 5.97. The van der Waals surface area contributed by atoms with Crippen molar-refractivity contribution in [2.45, 2.75) is 36.5 Å². The first-order valence-electron chi connectivity index (χ1n) is 8.88. The average molecular weight is 433 g/mol. The highest BCUT2D eigenvalue weighted by Gasteiger charge is 2.40. The van der Waals surface area contributed by atoms with Crippen molar-refractivity contribution < 1.29 is 13.8 Å². The number of benzene rings is 2. The molecular formula is C20H21ClN4O3S. The average Bonchev–Trinajstić information content (AvgIpc) is 2.63. The van der Waals surface area contributed by atoms with Crippen LogP contribution in [0, 0.1) is 0 Å². The van der Waals surface area contributed by atoms with Crippen LogP contribution in [0.15, 0.2) is 58.5 Å². The van der Waals surface area contributed by atoms with Gasteiger partial charge in [0.05, 0.1) is 21.4 Å². The van der Waals surface area contributed by atoms with Crippen molar-refractivity contribution in [3.8, 4) is 0 Å². The van der Waals surface area contributed by atoms with E-state index in [1.807, 2.05) is 20.8 Å². The number of anilines is 2. The molecule has 3 N–H and O–H groups in total. The molecule has 29 heavy (non-hydrogen) atoms. The summed E-state index contributed by atoms with van der Waals surface area (Å²) in [7, 11) is -1.79. The predicted molar refractivity (Wildman–Crippen MR) is 116 cm³/mol. The number of hydrazone groups is 1. The Kier molecular flexibility index (Phi) is 6.04. The van der Waals surface area contributed by atoms with Crippen molar-refractivity contribution in [3.05, 3.63) is 53.6 Å². The molecule has 2 amide bonds. The fraction of sp³-hybridized carbons (Fsp3) is 0.250. The SMILES string of the molecule is CC(C)(C)N/N=C(\C(=O)Nc1cccc(Cl)c1)[C@@H]1C(=O)Nc2ccccc2[S@@]1=O. The van der Waals surface area contributed by atoms with Gasteiger partial charge in [-0.15, -0.1) is 0 Å². The minimum Gasteiger partial charge on any atom is -0.324 e.